The van der Waals surface area contributed by atoms with E-state index in [0.29, 0.717) is 6.61 Å². The molecule has 5 heteroatoms. The van der Waals surface area contributed by atoms with E-state index >= 15 is 0 Å². The number of nitrogens with zero attached hydrogens (tertiary/aromatic N) is 1. The Morgan fingerprint density at radius 1 is 1.50 bits per heavy atom. The Morgan fingerprint density at radius 2 is 2.28 bits per heavy atom. The monoisotopic (exact) mass is 282 g/mol. The Hall–Kier alpha value is -1.10. The largest absolute Gasteiger partial charge is 0.492 e. The minimum atomic E-state index is -0.260. The van der Waals surface area contributed by atoms with Crippen LogP contribution in [-0.2, 0) is 0 Å². The Morgan fingerprint density at radius 3 is 2.89 bits per heavy atom. The molecule has 1 unspecified atom stereocenters. The van der Waals surface area contributed by atoms with E-state index in [-0.39, 0.29) is 6.04 Å². The molecule has 0 aromatic carbocycles. The van der Waals surface area contributed by atoms with E-state index < -0.39 is 0 Å². The molecule has 2 heterocycles. The molecule has 0 spiro atoms. The predicted molar refractivity (Wildman–Crippen MR) is 75.5 cm³/mol. The zero-order chi connectivity index (χ0) is 13.1. The molecule has 2 aromatic heterocycles. The van der Waals surface area contributed by atoms with E-state index in [4.69, 9.17) is 22.1 Å². The van der Waals surface area contributed by atoms with E-state index in [0.717, 1.165) is 26.8 Å². The third-order valence-electron chi connectivity index (χ3n) is 2.61. The zero-order valence-electron chi connectivity index (χ0n) is 10.3. The molecule has 2 N–H and O–H groups in total. The summed E-state index contributed by atoms with van der Waals surface area (Å²) in [6.07, 6.45) is 3.43. The third-order valence-corrected chi connectivity index (χ3v) is 4.41. The molecule has 0 aliphatic carbocycles. The van der Waals surface area contributed by atoms with E-state index in [1.54, 1.807) is 23.7 Å². The van der Waals surface area contributed by atoms with Crippen molar-refractivity contribution in [2.24, 2.45) is 5.73 Å². The van der Waals surface area contributed by atoms with Crippen molar-refractivity contribution in [1.29, 1.82) is 0 Å². The predicted octanol–water partition coefficient (Wildman–Crippen LogP) is 3.55. The summed E-state index contributed by atoms with van der Waals surface area (Å²) in [6, 6.07) is 1.65. The number of nitrogens with two attached hydrogens (primary N) is 1. The number of aromatic nitrogens is 1. The van der Waals surface area contributed by atoms with Crippen LogP contribution in [0, 0.1) is 6.92 Å². The topological polar surface area (TPSA) is 48.1 Å². The lowest BCUT2D eigenvalue weighted by Gasteiger charge is -2.12. The molecule has 0 aliphatic heterocycles. The van der Waals surface area contributed by atoms with Gasteiger partial charge in [-0.2, -0.15) is 0 Å². The van der Waals surface area contributed by atoms with Crippen molar-refractivity contribution >= 4 is 22.9 Å². The van der Waals surface area contributed by atoms with Crippen molar-refractivity contribution in [2.45, 2.75) is 19.9 Å². The number of ether oxygens (including phenoxy) is 1. The van der Waals surface area contributed by atoms with E-state index in [2.05, 4.69) is 4.98 Å². The molecule has 0 aliphatic rings. The van der Waals surface area contributed by atoms with Crippen LogP contribution in [0.5, 0.6) is 5.75 Å². The maximum absolute atomic E-state index is 6.23. The van der Waals surface area contributed by atoms with Gasteiger partial charge in [0.2, 0.25) is 0 Å². The van der Waals surface area contributed by atoms with Crippen molar-refractivity contribution in [3.05, 3.63) is 44.9 Å². The quantitative estimate of drug-likeness (QED) is 0.933. The van der Waals surface area contributed by atoms with E-state index in [1.165, 1.54) is 0 Å². The van der Waals surface area contributed by atoms with E-state index in [1.807, 2.05) is 25.3 Å². The Labute approximate surface area is 116 Å². The lowest BCUT2D eigenvalue weighted by Crippen LogP contribution is -2.11. The van der Waals surface area contributed by atoms with Gasteiger partial charge in [-0.25, -0.2) is 0 Å². The molecule has 96 valence electrons. The van der Waals surface area contributed by atoms with Gasteiger partial charge in [-0.3, -0.25) is 4.98 Å². The van der Waals surface area contributed by atoms with Crippen molar-refractivity contribution in [2.75, 3.05) is 6.61 Å². The van der Waals surface area contributed by atoms with Gasteiger partial charge in [-0.15, -0.1) is 11.3 Å². The van der Waals surface area contributed by atoms with Gasteiger partial charge in [-0.05, 0) is 36.4 Å². The van der Waals surface area contributed by atoms with Gasteiger partial charge in [0.05, 0.1) is 23.9 Å². The van der Waals surface area contributed by atoms with Crippen LogP contribution < -0.4 is 10.5 Å². The molecule has 1 atom stereocenters. The molecule has 18 heavy (non-hydrogen) atoms. The van der Waals surface area contributed by atoms with Gasteiger partial charge in [0.15, 0.2) is 0 Å². The summed E-state index contributed by atoms with van der Waals surface area (Å²) in [5.74, 6) is 0.731. The maximum atomic E-state index is 6.23. The van der Waals surface area contributed by atoms with Crippen LogP contribution in [0.1, 0.15) is 29.0 Å². The molecule has 0 fully saturated rings. The highest BCUT2D eigenvalue weighted by molar-refractivity contribution is 7.10. The summed E-state index contributed by atoms with van der Waals surface area (Å²) in [5.41, 5.74) is 8.19. The second-order valence-corrected chi connectivity index (χ2v) is 5.25. The summed E-state index contributed by atoms with van der Waals surface area (Å²) in [6.45, 7) is 4.52. The lowest BCUT2D eigenvalue weighted by atomic mass is 10.1. The minimum Gasteiger partial charge on any atom is -0.492 e. The fraction of sp³-hybridized carbons (Fsp3) is 0.308. The first-order valence-corrected chi connectivity index (χ1v) is 6.96. The first kappa shape index (κ1) is 13.3. The van der Waals surface area contributed by atoms with Gasteiger partial charge < -0.3 is 10.5 Å². The number of halogens is 1. The van der Waals surface area contributed by atoms with Gasteiger partial charge in [0.1, 0.15) is 5.75 Å². The van der Waals surface area contributed by atoms with Crippen molar-refractivity contribution < 1.29 is 4.74 Å². The maximum Gasteiger partial charge on any atom is 0.137 e. The Kier molecular flexibility index (Phi) is 4.22. The molecule has 2 aromatic rings. The minimum absolute atomic E-state index is 0.260. The fourth-order valence-electron chi connectivity index (χ4n) is 1.66. The van der Waals surface area contributed by atoms with Gasteiger partial charge in [-0.1, -0.05) is 11.6 Å². The number of aryl methyl sites for hydroxylation is 1. The lowest BCUT2D eigenvalue weighted by molar-refractivity contribution is 0.338. The zero-order valence-corrected chi connectivity index (χ0v) is 11.9. The highest BCUT2D eigenvalue weighted by Gasteiger charge is 2.16. The summed E-state index contributed by atoms with van der Waals surface area (Å²) < 4.78 is 5.42. The molecular weight excluding hydrogens is 268 g/mol. The average Bonchev–Trinajstić information content (AvgIpc) is 2.70. The normalized spacial score (nSPS) is 12.4. The molecule has 0 saturated heterocycles. The molecule has 2 rings (SSSR count). The summed E-state index contributed by atoms with van der Waals surface area (Å²) in [4.78, 5) is 5.11. The molecule has 0 radical (unpaired) electrons. The van der Waals surface area contributed by atoms with Crippen LogP contribution >= 0.6 is 22.9 Å². The van der Waals surface area contributed by atoms with Crippen LogP contribution in [0.25, 0.3) is 0 Å². The van der Waals surface area contributed by atoms with Gasteiger partial charge >= 0.3 is 0 Å². The number of hydrogen-bond acceptors (Lipinski definition) is 4. The van der Waals surface area contributed by atoms with Crippen LogP contribution in [0.15, 0.2) is 23.8 Å². The van der Waals surface area contributed by atoms with Gasteiger partial charge in [0.25, 0.3) is 0 Å². The highest BCUT2D eigenvalue weighted by Crippen LogP contribution is 2.34. The van der Waals surface area contributed by atoms with Crippen LogP contribution in [-0.4, -0.2) is 11.6 Å². The van der Waals surface area contributed by atoms with Crippen LogP contribution in [0.4, 0.5) is 0 Å². The fourth-order valence-corrected chi connectivity index (χ4v) is 3.00. The number of pyridine rings is 1. The van der Waals surface area contributed by atoms with Crippen LogP contribution in [0.2, 0.25) is 5.02 Å². The molecule has 0 amide bonds. The second kappa shape index (κ2) is 5.69. The Balaban J connectivity index is 2.30. The molecule has 0 saturated carbocycles. The number of hydrogen-bond donors (Lipinski definition) is 1. The average molecular weight is 283 g/mol. The Bertz CT molecular complexity index is 542. The molecule has 0 bridgehead atoms. The number of thiophene rings is 1. The SMILES string of the molecule is CCOc1cncc(C(N)c2scc(C)c2Cl)c1. The summed E-state index contributed by atoms with van der Waals surface area (Å²) in [7, 11) is 0. The van der Waals surface area contributed by atoms with Crippen molar-refractivity contribution in [3.8, 4) is 5.75 Å². The van der Waals surface area contributed by atoms with Crippen molar-refractivity contribution in [3.63, 3.8) is 0 Å². The molecular formula is C13H15ClN2OS. The standard InChI is InChI=1S/C13H15ClN2OS/c1-3-17-10-4-9(5-16-6-10)12(15)13-11(14)8(2)7-18-13/h4-7,12H,3,15H2,1-2H3. The smallest absolute Gasteiger partial charge is 0.137 e. The second-order valence-electron chi connectivity index (χ2n) is 3.96. The highest BCUT2D eigenvalue weighted by atomic mass is 35.5. The first-order chi connectivity index (χ1) is 8.63. The van der Waals surface area contributed by atoms with E-state index in [9.17, 15) is 0 Å². The van der Waals surface area contributed by atoms with Crippen molar-refractivity contribution in [1.82, 2.24) is 4.98 Å². The van der Waals surface area contributed by atoms with Gasteiger partial charge in [0, 0.05) is 11.1 Å². The first-order valence-electron chi connectivity index (χ1n) is 5.70. The third kappa shape index (κ3) is 2.66. The summed E-state index contributed by atoms with van der Waals surface area (Å²) in [5, 5.41) is 2.76. The molecule has 3 nitrogen and oxygen atoms in total. The summed E-state index contributed by atoms with van der Waals surface area (Å²) >= 11 is 7.81. The van der Waals surface area contributed by atoms with Crippen LogP contribution in [0.3, 0.4) is 0 Å². The number of rotatable bonds is 4.